The van der Waals surface area contributed by atoms with Crippen LogP contribution in [0.2, 0.25) is 0 Å². The van der Waals surface area contributed by atoms with Gasteiger partial charge in [-0.15, -0.1) is 0 Å². The van der Waals surface area contributed by atoms with Gasteiger partial charge in [0.15, 0.2) is 0 Å². The van der Waals surface area contributed by atoms with Gasteiger partial charge < -0.3 is 15.0 Å². The first-order chi connectivity index (χ1) is 15.7. The highest BCUT2D eigenvalue weighted by molar-refractivity contribution is 6.05. The molecule has 0 aromatic heterocycles. The van der Waals surface area contributed by atoms with Crippen LogP contribution in [-0.2, 0) is 0 Å². The molecule has 0 radical (unpaired) electrons. The zero-order chi connectivity index (χ0) is 22.8. The van der Waals surface area contributed by atoms with Crippen LogP contribution in [-0.4, -0.2) is 19.0 Å². The van der Waals surface area contributed by atoms with Gasteiger partial charge in [0.1, 0.15) is 17.6 Å². The SMILES string of the molecule is CC.N#Cc1ccc(Oc2ccccc2)cc1NC(=O)c1cccc(N2CCCCC2)c1. The molecule has 164 valence electrons. The Balaban J connectivity index is 0.00000141. The summed E-state index contributed by atoms with van der Waals surface area (Å²) in [6.07, 6.45) is 3.61. The van der Waals surface area contributed by atoms with E-state index >= 15 is 0 Å². The van der Waals surface area contributed by atoms with Crippen molar-refractivity contribution in [1.29, 1.82) is 5.26 Å². The second-order valence-electron chi connectivity index (χ2n) is 7.29. The normalized spacial score (nSPS) is 12.7. The van der Waals surface area contributed by atoms with E-state index in [2.05, 4.69) is 16.3 Å². The van der Waals surface area contributed by atoms with Crippen molar-refractivity contribution in [2.45, 2.75) is 33.1 Å². The molecule has 0 aliphatic carbocycles. The molecule has 5 nitrogen and oxygen atoms in total. The first-order valence-corrected chi connectivity index (χ1v) is 11.2. The first-order valence-electron chi connectivity index (χ1n) is 11.2. The minimum Gasteiger partial charge on any atom is -0.457 e. The number of rotatable bonds is 5. The maximum absolute atomic E-state index is 12.9. The number of anilines is 2. The van der Waals surface area contributed by atoms with E-state index in [4.69, 9.17) is 4.74 Å². The third kappa shape index (κ3) is 5.89. The molecule has 1 saturated heterocycles. The Bertz CT molecular complexity index is 1070. The Morgan fingerprint density at radius 1 is 0.906 bits per heavy atom. The smallest absolute Gasteiger partial charge is 0.255 e. The standard InChI is InChI=1S/C25H23N3O2.C2H6/c26-18-20-12-13-23(30-22-10-3-1-4-11-22)17-24(20)27-25(29)19-8-7-9-21(16-19)28-14-5-2-6-15-28;1-2/h1,3-4,7-13,16-17H,2,5-6,14-15H2,(H,27,29);1-2H3. The molecule has 3 aromatic rings. The van der Waals surface area contributed by atoms with Crippen molar-refractivity contribution in [1.82, 2.24) is 0 Å². The van der Waals surface area contributed by atoms with Crippen LogP contribution in [0.5, 0.6) is 11.5 Å². The third-order valence-electron chi connectivity index (χ3n) is 5.17. The number of piperidine rings is 1. The summed E-state index contributed by atoms with van der Waals surface area (Å²) in [4.78, 5) is 15.2. The average molecular weight is 428 g/mol. The topological polar surface area (TPSA) is 65.4 Å². The summed E-state index contributed by atoms with van der Waals surface area (Å²) in [5.41, 5.74) is 2.44. The van der Waals surface area contributed by atoms with Crippen LogP contribution in [0.4, 0.5) is 11.4 Å². The summed E-state index contributed by atoms with van der Waals surface area (Å²) < 4.78 is 5.84. The lowest BCUT2D eigenvalue weighted by Crippen LogP contribution is -2.29. The molecule has 0 atom stereocenters. The number of ether oxygens (including phenoxy) is 1. The van der Waals surface area contributed by atoms with Crippen molar-refractivity contribution in [3.63, 3.8) is 0 Å². The van der Waals surface area contributed by atoms with Gasteiger partial charge in [-0.05, 0) is 61.7 Å². The van der Waals surface area contributed by atoms with E-state index in [1.165, 1.54) is 19.3 Å². The van der Waals surface area contributed by atoms with Crippen LogP contribution in [0.1, 0.15) is 49.0 Å². The van der Waals surface area contributed by atoms with Gasteiger partial charge in [0, 0.05) is 30.4 Å². The van der Waals surface area contributed by atoms with Crippen LogP contribution in [0.3, 0.4) is 0 Å². The van der Waals surface area contributed by atoms with Gasteiger partial charge in [-0.3, -0.25) is 4.79 Å². The van der Waals surface area contributed by atoms with Gasteiger partial charge >= 0.3 is 0 Å². The van der Waals surface area contributed by atoms with Gasteiger partial charge in [0.25, 0.3) is 5.91 Å². The van der Waals surface area contributed by atoms with E-state index < -0.39 is 0 Å². The third-order valence-corrected chi connectivity index (χ3v) is 5.17. The molecule has 1 N–H and O–H groups in total. The number of carbonyl (C=O) groups excluding carboxylic acids is 1. The molecule has 1 aliphatic rings. The Morgan fingerprint density at radius 3 is 2.38 bits per heavy atom. The van der Waals surface area contributed by atoms with Crippen LogP contribution in [0, 0.1) is 11.3 Å². The fourth-order valence-electron chi connectivity index (χ4n) is 3.60. The van der Waals surface area contributed by atoms with E-state index in [-0.39, 0.29) is 5.91 Å². The van der Waals surface area contributed by atoms with Crippen molar-refractivity contribution in [2.24, 2.45) is 0 Å². The maximum atomic E-state index is 12.9. The fraction of sp³-hybridized carbons (Fsp3) is 0.259. The predicted octanol–water partition coefficient (Wildman–Crippen LogP) is 6.62. The van der Waals surface area contributed by atoms with Crippen molar-refractivity contribution >= 4 is 17.3 Å². The molecule has 5 heteroatoms. The average Bonchev–Trinajstić information content (AvgIpc) is 2.87. The van der Waals surface area contributed by atoms with Crippen LogP contribution in [0.15, 0.2) is 72.8 Å². The Kier molecular flexibility index (Phi) is 8.28. The summed E-state index contributed by atoms with van der Waals surface area (Å²) in [7, 11) is 0. The lowest BCUT2D eigenvalue weighted by atomic mass is 10.1. The number of nitriles is 1. The minimum atomic E-state index is -0.248. The Labute approximate surface area is 190 Å². The number of nitrogens with one attached hydrogen (secondary N) is 1. The summed E-state index contributed by atoms with van der Waals surface area (Å²) >= 11 is 0. The summed E-state index contributed by atoms with van der Waals surface area (Å²) in [5, 5.41) is 12.3. The minimum absolute atomic E-state index is 0.248. The van der Waals surface area contributed by atoms with Crippen molar-refractivity contribution in [3.8, 4) is 17.6 Å². The van der Waals surface area contributed by atoms with E-state index in [1.54, 1.807) is 24.3 Å². The van der Waals surface area contributed by atoms with Gasteiger partial charge in [-0.25, -0.2) is 0 Å². The Morgan fingerprint density at radius 2 is 1.66 bits per heavy atom. The van der Waals surface area contributed by atoms with E-state index in [9.17, 15) is 10.1 Å². The van der Waals surface area contributed by atoms with Gasteiger partial charge in [-0.2, -0.15) is 5.26 Å². The van der Waals surface area contributed by atoms with Crippen LogP contribution >= 0.6 is 0 Å². The number of carbonyl (C=O) groups is 1. The predicted molar refractivity (Wildman–Crippen MR) is 129 cm³/mol. The second-order valence-corrected chi connectivity index (χ2v) is 7.29. The number of amides is 1. The molecule has 4 rings (SSSR count). The molecule has 1 fully saturated rings. The number of hydrogen-bond acceptors (Lipinski definition) is 4. The molecule has 0 unspecified atom stereocenters. The first kappa shape index (κ1) is 22.9. The quantitative estimate of drug-likeness (QED) is 0.497. The summed E-state index contributed by atoms with van der Waals surface area (Å²) in [6, 6.07) is 24.2. The largest absolute Gasteiger partial charge is 0.457 e. The highest BCUT2D eigenvalue weighted by Gasteiger charge is 2.15. The van der Waals surface area contributed by atoms with Crippen molar-refractivity contribution in [2.75, 3.05) is 23.3 Å². The monoisotopic (exact) mass is 427 g/mol. The molecular formula is C27H29N3O2. The molecule has 1 amide bonds. The lowest BCUT2D eigenvalue weighted by Gasteiger charge is -2.29. The van der Waals surface area contributed by atoms with Crippen molar-refractivity contribution < 1.29 is 9.53 Å². The van der Waals surface area contributed by atoms with Gasteiger partial charge in [0.05, 0.1) is 11.3 Å². The molecule has 3 aromatic carbocycles. The van der Waals surface area contributed by atoms with Crippen LogP contribution < -0.4 is 15.0 Å². The molecule has 0 spiro atoms. The molecule has 0 bridgehead atoms. The van der Waals surface area contributed by atoms with E-state index in [1.807, 2.05) is 62.4 Å². The van der Waals surface area contributed by atoms with Gasteiger partial charge in [-0.1, -0.05) is 38.1 Å². The van der Waals surface area contributed by atoms with Gasteiger partial charge in [0.2, 0.25) is 0 Å². The Hall–Kier alpha value is -3.78. The summed E-state index contributed by atoms with van der Waals surface area (Å²) in [5.74, 6) is 0.994. The highest BCUT2D eigenvalue weighted by Crippen LogP contribution is 2.27. The summed E-state index contributed by atoms with van der Waals surface area (Å²) in [6.45, 7) is 6.03. The number of para-hydroxylation sites is 1. The zero-order valence-corrected chi connectivity index (χ0v) is 18.7. The maximum Gasteiger partial charge on any atom is 0.255 e. The molecule has 1 heterocycles. The number of hydrogen-bond donors (Lipinski definition) is 1. The molecule has 1 aliphatic heterocycles. The fourth-order valence-corrected chi connectivity index (χ4v) is 3.60. The number of nitrogens with zero attached hydrogens (tertiary/aromatic N) is 2. The van der Waals surface area contributed by atoms with E-state index in [0.717, 1.165) is 18.8 Å². The molecule has 32 heavy (non-hydrogen) atoms. The van der Waals surface area contributed by atoms with E-state index in [0.29, 0.717) is 28.3 Å². The second kappa shape index (κ2) is 11.6. The van der Waals surface area contributed by atoms with Crippen molar-refractivity contribution in [3.05, 3.63) is 83.9 Å². The zero-order valence-electron chi connectivity index (χ0n) is 18.7. The molecular weight excluding hydrogens is 398 g/mol. The lowest BCUT2D eigenvalue weighted by molar-refractivity contribution is 0.102. The molecule has 0 saturated carbocycles. The number of benzene rings is 3. The van der Waals surface area contributed by atoms with Crippen LogP contribution in [0.25, 0.3) is 0 Å². The highest BCUT2D eigenvalue weighted by atomic mass is 16.5.